The molecule has 0 bridgehead atoms. The first-order chi connectivity index (χ1) is 6.61. The van der Waals surface area contributed by atoms with Gasteiger partial charge in [-0.05, 0) is 6.92 Å². The van der Waals surface area contributed by atoms with Crippen LogP contribution in [0, 0.1) is 11.6 Å². The monoisotopic (exact) mass is 200 g/mol. The van der Waals surface area contributed by atoms with Crippen molar-refractivity contribution in [2.24, 2.45) is 0 Å². The molecule has 1 heterocycles. The highest BCUT2D eigenvalue weighted by molar-refractivity contribution is 5.46. The third kappa shape index (κ3) is 1.26. The van der Waals surface area contributed by atoms with Crippen LogP contribution in [-0.2, 0) is 6.42 Å². The molecule has 1 aromatic rings. The standard InChI is InChI=1S/C10H10F2O2/c1-5(13)9-8(12)4-7(11)6-2-3-14-10(6)9/h4-5,13H,2-3H2,1H3. The van der Waals surface area contributed by atoms with Gasteiger partial charge in [0.1, 0.15) is 17.4 Å². The topological polar surface area (TPSA) is 29.5 Å². The lowest BCUT2D eigenvalue weighted by atomic mass is 10.0. The number of rotatable bonds is 1. The Morgan fingerprint density at radius 2 is 2.14 bits per heavy atom. The van der Waals surface area contributed by atoms with Crippen molar-refractivity contribution in [1.82, 2.24) is 0 Å². The molecule has 0 aromatic heterocycles. The molecule has 1 aliphatic heterocycles. The molecule has 0 radical (unpaired) electrons. The minimum absolute atomic E-state index is 0.0545. The summed E-state index contributed by atoms with van der Waals surface area (Å²) in [6.07, 6.45) is -0.552. The molecular formula is C10H10F2O2. The van der Waals surface area contributed by atoms with Crippen molar-refractivity contribution in [2.75, 3.05) is 6.61 Å². The van der Waals surface area contributed by atoms with E-state index in [4.69, 9.17) is 4.74 Å². The Kier molecular flexibility index (Phi) is 2.15. The first-order valence-electron chi connectivity index (χ1n) is 4.43. The van der Waals surface area contributed by atoms with Crippen LogP contribution in [0.15, 0.2) is 6.07 Å². The van der Waals surface area contributed by atoms with E-state index in [0.29, 0.717) is 18.6 Å². The molecule has 2 rings (SSSR count). The number of fused-ring (bicyclic) bond motifs is 1. The zero-order valence-corrected chi connectivity index (χ0v) is 7.68. The minimum Gasteiger partial charge on any atom is -0.492 e. The SMILES string of the molecule is CC(O)c1c(F)cc(F)c2c1OCC2. The van der Waals surface area contributed by atoms with Gasteiger partial charge in [0, 0.05) is 18.1 Å². The summed E-state index contributed by atoms with van der Waals surface area (Å²) in [4.78, 5) is 0. The van der Waals surface area contributed by atoms with E-state index in [1.54, 1.807) is 0 Å². The van der Waals surface area contributed by atoms with Crippen LogP contribution in [0.25, 0.3) is 0 Å². The van der Waals surface area contributed by atoms with E-state index in [9.17, 15) is 13.9 Å². The van der Waals surface area contributed by atoms with Gasteiger partial charge < -0.3 is 9.84 Å². The lowest BCUT2D eigenvalue weighted by molar-refractivity contribution is 0.188. The van der Waals surface area contributed by atoms with E-state index in [-0.39, 0.29) is 11.3 Å². The van der Waals surface area contributed by atoms with Crippen LogP contribution in [0.2, 0.25) is 0 Å². The number of benzene rings is 1. The van der Waals surface area contributed by atoms with E-state index < -0.39 is 17.7 Å². The molecule has 4 heteroatoms. The molecule has 1 N–H and O–H groups in total. The third-order valence-electron chi connectivity index (χ3n) is 2.33. The molecule has 0 saturated heterocycles. The van der Waals surface area contributed by atoms with Crippen molar-refractivity contribution < 1.29 is 18.6 Å². The van der Waals surface area contributed by atoms with Crippen LogP contribution < -0.4 is 4.74 Å². The van der Waals surface area contributed by atoms with Crippen LogP contribution in [0.4, 0.5) is 8.78 Å². The number of halogens is 2. The molecule has 14 heavy (non-hydrogen) atoms. The Morgan fingerprint density at radius 1 is 1.43 bits per heavy atom. The van der Waals surface area contributed by atoms with Crippen LogP contribution in [-0.4, -0.2) is 11.7 Å². The largest absolute Gasteiger partial charge is 0.492 e. The molecule has 1 aromatic carbocycles. The summed E-state index contributed by atoms with van der Waals surface area (Å²) < 4.78 is 31.6. The van der Waals surface area contributed by atoms with Crippen LogP contribution >= 0.6 is 0 Å². The van der Waals surface area contributed by atoms with Gasteiger partial charge >= 0.3 is 0 Å². The van der Waals surface area contributed by atoms with E-state index in [1.165, 1.54) is 6.92 Å². The normalized spacial score (nSPS) is 16.3. The Bertz CT molecular complexity index is 375. The molecule has 76 valence electrons. The number of aliphatic hydroxyl groups excluding tert-OH is 1. The van der Waals surface area contributed by atoms with Crippen molar-refractivity contribution in [1.29, 1.82) is 0 Å². The van der Waals surface area contributed by atoms with E-state index in [0.717, 1.165) is 6.07 Å². The fraction of sp³-hybridized carbons (Fsp3) is 0.400. The second-order valence-electron chi connectivity index (χ2n) is 3.34. The number of aliphatic hydroxyl groups is 1. The molecule has 2 nitrogen and oxygen atoms in total. The second-order valence-corrected chi connectivity index (χ2v) is 3.34. The highest BCUT2D eigenvalue weighted by Gasteiger charge is 2.26. The van der Waals surface area contributed by atoms with Gasteiger partial charge in [-0.15, -0.1) is 0 Å². The van der Waals surface area contributed by atoms with Crippen LogP contribution in [0.3, 0.4) is 0 Å². The van der Waals surface area contributed by atoms with E-state index in [2.05, 4.69) is 0 Å². The summed E-state index contributed by atoms with van der Waals surface area (Å²) in [5.41, 5.74) is 0.418. The molecule has 0 amide bonds. The quantitative estimate of drug-likeness (QED) is 0.750. The number of hydrogen-bond donors (Lipinski definition) is 1. The van der Waals surface area contributed by atoms with Crippen molar-refractivity contribution in [3.05, 3.63) is 28.8 Å². The third-order valence-corrected chi connectivity index (χ3v) is 2.33. The Labute approximate surface area is 80.1 Å². The predicted octanol–water partition coefficient (Wildman–Crippen LogP) is 1.95. The highest BCUT2D eigenvalue weighted by atomic mass is 19.1. The van der Waals surface area contributed by atoms with Gasteiger partial charge in [0.25, 0.3) is 0 Å². The number of ether oxygens (including phenoxy) is 1. The molecule has 0 fully saturated rings. The Morgan fingerprint density at radius 3 is 2.79 bits per heavy atom. The fourth-order valence-electron chi connectivity index (χ4n) is 1.70. The molecule has 1 unspecified atom stereocenters. The predicted molar refractivity (Wildman–Crippen MR) is 46.2 cm³/mol. The number of hydrogen-bond acceptors (Lipinski definition) is 2. The summed E-state index contributed by atoms with van der Waals surface area (Å²) in [7, 11) is 0. The first-order valence-corrected chi connectivity index (χ1v) is 4.43. The summed E-state index contributed by atoms with van der Waals surface area (Å²) >= 11 is 0. The van der Waals surface area contributed by atoms with Gasteiger partial charge in [-0.25, -0.2) is 8.78 Å². The summed E-state index contributed by atoms with van der Waals surface area (Å²) in [5, 5.41) is 9.32. The maximum absolute atomic E-state index is 13.3. The van der Waals surface area contributed by atoms with Crippen LogP contribution in [0.1, 0.15) is 24.2 Å². The molecule has 0 spiro atoms. The summed E-state index contributed by atoms with van der Waals surface area (Å²) in [6, 6.07) is 0.801. The molecule has 1 atom stereocenters. The van der Waals surface area contributed by atoms with Crippen molar-refractivity contribution in [2.45, 2.75) is 19.4 Å². The molecular weight excluding hydrogens is 190 g/mol. The lowest BCUT2D eigenvalue weighted by Gasteiger charge is -2.11. The second kappa shape index (κ2) is 3.20. The Hall–Kier alpha value is -1.16. The minimum atomic E-state index is -0.984. The van der Waals surface area contributed by atoms with E-state index >= 15 is 0 Å². The zero-order chi connectivity index (χ0) is 10.3. The lowest BCUT2D eigenvalue weighted by Crippen LogP contribution is -2.01. The average Bonchev–Trinajstić information content (AvgIpc) is 2.51. The smallest absolute Gasteiger partial charge is 0.135 e. The zero-order valence-electron chi connectivity index (χ0n) is 7.68. The Balaban J connectivity index is 2.66. The fourth-order valence-corrected chi connectivity index (χ4v) is 1.70. The maximum Gasteiger partial charge on any atom is 0.135 e. The van der Waals surface area contributed by atoms with Crippen molar-refractivity contribution in [3.63, 3.8) is 0 Å². The first kappa shape index (κ1) is 9.40. The van der Waals surface area contributed by atoms with Crippen molar-refractivity contribution >= 4 is 0 Å². The van der Waals surface area contributed by atoms with Crippen molar-refractivity contribution in [3.8, 4) is 5.75 Å². The van der Waals surface area contributed by atoms with Crippen LogP contribution in [0.5, 0.6) is 5.75 Å². The van der Waals surface area contributed by atoms with Gasteiger partial charge in [-0.3, -0.25) is 0 Å². The maximum atomic E-state index is 13.3. The molecule has 0 aliphatic carbocycles. The van der Waals surface area contributed by atoms with Gasteiger partial charge in [0.2, 0.25) is 0 Å². The summed E-state index contributed by atoms with van der Waals surface area (Å²) in [5.74, 6) is -1.17. The summed E-state index contributed by atoms with van der Waals surface area (Å²) in [6.45, 7) is 1.77. The van der Waals surface area contributed by atoms with Gasteiger partial charge in [-0.2, -0.15) is 0 Å². The van der Waals surface area contributed by atoms with E-state index in [1.807, 2.05) is 0 Å². The van der Waals surface area contributed by atoms with Gasteiger partial charge in [0.05, 0.1) is 18.3 Å². The molecule has 0 saturated carbocycles. The molecule has 1 aliphatic rings. The average molecular weight is 200 g/mol. The highest BCUT2D eigenvalue weighted by Crippen LogP contribution is 2.37. The van der Waals surface area contributed by atoms with Gasteiger partial charge in [0.15, 0.2) is 0 Å². The van der Waals surface area contributed by atoms with Gasteiger partial charge in [-0.1, -0.05) is 0 Å².